The van der Waals surface area contributed by atoms with Crippen molar-refractivity contribution in [2.24, 2.45) is 0 Å². The fourth-order valence-corrected chi connectivity index (χ4v) is 3.26. The van der Waals surface area contributed by atoms with Gasteiger partial charge < -0.3 is 15.2 Å². The molecular weight excluding hydrogens is 586 g/mol. The van der Waals surface area contributed by atoms with E-state index in [4.69, 9.17) is 5.73 Å². The van der Waals surface area contributed by atoms with Crippen molar-refractivity contribution in [3.05, 3.63) is 121 Å². The number of nitrogen functional groups attached to an aromatic ring is 1. The fourth-order valence-electron chi connectivity index (χ4n) is 2.88. The lowest BCUT2D eigenvalue weighted by atomic mass is 10.1. The van der Waals surface area contributed by atoms with Crippen LogP contribution in [0.3, 0.4) is 0 Å². The van der Waals surface area contributed by atoms with Gasteiger partial charge in [-0.05, 0) is 54.3 Å². The lowest BCUT2D eigenvalue weighted by Gasteiger charge is -2.02. The minimum absolute atomic E-state index is 0.00452. The summed E-state index contributed by atoms with van der Waals surface area (Å²) in [5, 5.41) is 20.7. The first-order chi connectivity index (χ1) is 18.9. The molecule has 2 N–H and O–H groups in total. The summed E-state index contributed by atoms with van der Waals surface area (Å²) in [6, 6.07) is 19.7. The van der Waals surface area contributed by atoms with Crippen LogP contribution in [-0.2, 0) is 19.1 Å². The third kappa shape index (κ3) is 12.1. The van der Waals surface area contributed by atoms with Crippen molar-refractivity contribution in [1.82, 2.24) is 0 Å². The molecule has 0 aromatic heterocycles. The molecule has 0 saturated heterocycles. The summed E-state index contributed by atoms with van der Waals surface area (Å²) >= 11 is 3.13. The number of methoxy groups -OCH3 is 2. The van der Waals surface area contributed by atoms with Crippen molar-refractivity contribution in [1.29, 1.82) is 0 Å². The van der Waals surface area contributed by atoms with Crippen LogP contribution < -0.4 is 5.73 Å². The summed E-state index contributed by atoms with van der Waals surface area (Å²) in [6.07, 6.45) is 2.73. The van der Waals surface area contributed by atoms with E-state index in [9.17, 15) is 29.8 Å². The van der Waals surface area contributed by atoms with E-state index >= 15 is 0 Å². The molecule has 3 aromatic rings. The van der Waals surface area contributed by atoms with Crippen LogP contribution in [0.1, 0.15) is 25.0 Å². The molecule has 40 heavy (non-hydrogen) atoms. The molecule has 0 unspecified atom stereocenters. The van der Waals surface area contributed by atoms with Crippen molar-refractivity contribution in [2.45, 2.75) is 13.8 Å². The first-order valence-electron chi connectivity index (χ1n) is 11.4. The Morgan fingerprint density at radius 2 is 1.18 bits per heavy atom. The number of nitrogens with zero attached hydrogens (tertiary/aromatic N) is 2. The molecular formula is C28H28BrN3O8. The zero-order valence-corrected chi connectivity index (χ0v) is 23.8. The molecule has 3 aromatic carbocycles. The summed E-state index contributed by atoms with van der Waals surface area (Å²) in [5.74, 6) is -0.839. The monoisotopic (exact) mass is 613 g/mol. The summed E-state index contributed by atoms with van der Waals surface area (Å²) in [4.78, 5) is 41.7. The number of benzene rings is 3. The van der Waals surface area contributed by atoms with E-state index in [1.807, 2.05) is 25.1 Å². The molecule has 0 aliphatic rings. The molecule has 0 bridgehead atoms. The van der Waals surface area contributed by atoms with Crippen molar-refractivity contribution >= 4 is 56.1 Å². The number of non-ortho nitro benzene ring substituents is 2. The standard InChI is InChI=1S/C11H11NO4.C11H13NO2.C6H4BrNO2/c1-8(6-11(13)16-2)9-4-3-5-10(7-9)12(14)15;1-8(6-11(13)14-2)9-4-3-5-10(12)7-9;7-5-2-1-3-6(4-5)8(9)10/h3-7H,1-2H3;3-7H,12H2,1-2H3;1-4H/b2*8-6+;. The predicted octanol–water partition coefficient (Wildman–Crippen LogP) is 6.37. The van der Waals surface area contributed by atoms with Crippen molar-refractivity contribution in [2.75, 3.05) is 20.0 Å². The molecule has 11 nitrogen and oxygen atoms in total. The summed E-state index contributed by atoms with van der Waals surface area (Å²) < 4.78 is 9.72. The van der Waals surface area contributed by atoms with Gasteiger partial charge in [0.1, 0.15) is 0 Å². The van der Waals surface area contributed by atoms with Crippen LogP contribution in [0.25, 0.3) is 11.1 Å². The number of rotatable bonds is 6. The van der Waals surface area contributed by atoms with Crippen LogP contribution in [0.15, 0.2) is 89.4 Å². The summed E-state index contributed by atoms with van der Waals surface area (Å²) in [6.45, 7) is 3.53. The van der Waals surface area contributed by atoms with Gasteiger partial charge in [-0.15, -0.1) is 0 Å². The number of halogens is 1. The quantitative estimate of drug-likeness (QED) is 0.109. The number of esters is 2. The number of anilines is 1. The second-order valence-electron chi connectivity index (χ2n) is 7.87. The Hall–Kier alpha value is -4.84. The Morgan fingerprint density at radius 1 is 0.750 bits per heavy atom. The first kappa shape index (κ1) is 33.2. The zero-order valence-electron chi connectivity index (χ0n) is 22.2. The van der Waals surface area contributed by atoms with E-state index in [2.05, 4.69) is 25.4 Å². The van der Waals surface area contributed by atoms with E-state index in [1.165, 1.54) is 50.6 Å². The van der Waals surface area contributed by atoms with Gasteiger partial charge in [-0.1, -0.05) is 46.3 Å². The minimum atomic E-state index is -0.482. The molecule has 0 saturated carbocycles. The van der Waals surface area contributed by atoms with Crippen molar-refractivity contribution < 1.29 is 28.9 Å². The van der Waals surface area contributed by atoms with Gasteiger partial charge in [0.2, 0.25) is 0 Å². The average Bonchev–Trinajstić information content (AvgIpc) is 2.93. The summed E-state index contributed by atoms with van der Waals surface area (Å²) in [5.41, 5.74) is 9.41. The molecule has 0 aliphatic carbocycles. The molecule has 0 heterocycles. The summed E-state index contributed by atoms with van der Waals surface area (Å²) in [7, 11) is 2.63. The van der Waals surface area contributed by atoms with Crippen molar-refractivity contribution in [3.8, 4) is 0 Å². The number of carbonyl (C=O) groups excluding carboxylic acids is 2. The highest BCUT2D eigenvalue weighted by molar-refractivity contribution is 9.10. The Labute approximate surface area is 239 Å². The topological polar surface area (TPSA) is 165 Å². The van der Waals surface area contributed by atoms with Gasteiger partial charge in [-0.3, -0.25) is 20.2 Å². The van der Waals surface area contributed by atoms with Crippen LogP contribution in [0.5, 0.6) is 0 Å². The Kier molecular flexibility index (Phi) is 14.0. The maximum Gasteiger partial charge on any atom is 0.330 e. The first-order valence-corrected chi connectivity index (χ1v) is 12.2. The molecule has 0 spiro atoms. The average molecular weight is 614 g/mol. The predicted molar refractivity (Wildman–Crippen MR) is 156 cm³/mol. The van der Waals surface area contributed by atoms with Crippen LogP contribution in [0.2, 0.25) is 0 Å². The van der Waals surface area contributed by atoms with E-state index in [-0.39, 0.29) is 17.3 Å². The van der Waals surface area contributed by atoms with E-state index in [1.54, 1.807) is 37.3 Å². The number of hydrogen-bond donors (Lipinski definition) is 1. The Balaban J connectivity index is 0.000000308. The number of nitro benzene ring substituents is 2. The molecule has 0 radical (unpaired) electrons. The second kappa shape index (κ2) is 16.9. The van der Waals surface area contributed by atoms with Crippen LogP contribution >= 0.6 is 15.9 Å². The lowest BCUT2D eigenvalue weighted by molar-refractivity contribution is -0.385. The molecule has 210 valence electrons. The van der Waals surface area contributed by atoms with Gasteiger partial charge in [-0.25, -0.2) is 9.59 Å². The third-order valence-electron chi connectivity index (χ3n) is 4.94. The van der Waals surface area contributed by atoms with E-state index < -0.39 is 15.8 Å². The minimum Gasteiger partial charge on any atom is -0.466 e. The smallest absolute Gasteiger partial charge is 0.330 e. The second-order valence-corrected chi connectivity index (χ2v) is 8.79. The maximum atomic E-state index is 11.0. The largest absolute Gasteiger partial charge is 0.466 e. The molecule has 0 atom stereocenters. The van der Waals surface area contributed by atoms with Crippen molar-refractivity contribution in [3.63, 3.8) is 0 Å². The lowest BCUT2D eigenvalue weighted by Crippen LogP contribution is -1.96. The number of nitro groups is 2. The molecule has 3 rings (SSSR count). The molecule has 0 amide bonds. The highest BCUT2D eigenvalue weighted by Crippen LogP contribution is 2.20. The number of nitrogens with two attached hydrogens (primary N) is 1. The SMILES string of the molecule is COC(=O)/C=C(\C)c1cccc(N)c1.COC(=O)/C=C(\C)c1cccc([N+](=O)[O-])c1.O=[N+]([O-])c1cccc(Br)c1. The van der Waals surface area contributed by atoms with Gasteiger partial charge in [0.15, 0.2) is 0 Å². The van der Waals surface area contributed by atoms with Gasteiger partial charge >= 0.3 is 11.9 Å². The Morgan fingerprint density at radius 3 is 1.57 bits per heavy atom. The normalized spacial score (nSPS) is 10.6. The Bertz CT molecular complexity index is 1420. The molecule has 0 fully saturated rings. The van der Waals surface area contributed by atoms with Gasteiger partial charge in [-0.2, -0.15) is 0 Å². The number of carbonyl (C=O) groups is 2. The van der Waals surface area contributed by atoms with Gasteiger partial charge in [0, 0.05) is 46.6 Å². The highest BCUT2D eigenvalue weighted by atomic mass is 79.9. The molecule has 0 aliphatic heterocycles. The number of hydrogen-bond acceptors (Lipinski definition) is 9. The van der Waals surface area contributed by atoms with Crippen LogP contribution in [0.4, 0.5) is 17.1 Å². The number of ether oxygens (including phenoxy) is 2. The van der Waals surface area contributed by atoms with Crippen LogP contribution in [0, 0.1) is 20.2 Å². The third-order valence-corrected chi connectivity index (χ3v) is 5.44. The van der Waals surface area contributed by atoms with Gasteiger partial charge in [0.05, 0.1) is 24.1 Å². The number of allylic oxidation sites excluding steroid dienone is 2. The molecule has 12 heteroatoms. The fraction of sp³-hybridized carbons (Fsp3) is 0.143. The van der Waals surface area contributed by atoms with Gasteiger partial charge in [0.25, 0.3) is 11.4 Å². The van der Waals surface area contributed by atoms with E-state index in [0.717, 1.165) is 15.6 Å². The van der Waals surface area contributed by atoms with Crippen LogP contribution in [-0.4, -0.2) is 36.0 Å². The highest BCUT2D eigenvalue weighted by Gasteiger charge is 2.07. The zero-order chi connectivity index (χ0) is 30.2. The maximum absolute atomic E-state index is 11.0. The van der Waals surface area contributed by atoms with E-state index in [0.29, 0.717) is 16.8 Å².